The molecule has 1 aliphatic rings. The first kappa shape index (κ1) is 19.8. The number of aromatic nitrogens is 3. The Kier molecular flexibility index (Phi) is 5.31. The van der Waals surface area contributed by atoms with Gasteiger partial charge in [0.1, 0.15) is 6.33 Å². The molecule has 2 aromatic carbocycles. The number of aryl methyl sites for hydroxylation is 1. The van der Waals surface area contributed by atoms with Gasteiger partial charge in [-0.1, -0.05) is 22.7 Å². The van der Waals surface area contributed by atoms with E-state index in [1.54, 1.807) is 24.5 Å². The van der Waals surface area contributed by atoms with E-state index in [1.165, 1.54) is 6.07 Å². The van der Waals surface area contributed by atoms with Gasteiger partial charge in [-0.05, 0) is 56.5 Å². The van der Waals surface area contributed by atoms with E-state index >= 15 is 0 Å². The number of halogens is 1. The fourth-order valence-corrected chi connectivity index (χ4v) is 3.53. The van der Waals surface area contributed by atoms with Crippen LogP contribution in [-0.4, -0.2) is 26.6 Å². The molecule has 0 atom stereocenters. The van der Waals surface area contributed by atoms with Crippen LogP contribution >= 0.6 is 0 Å². The lowest BCUT2D eigenvalue weighted by Gasteiger charge is -2.14. The van der Waals surface area contributed by atoms with Crippen LogP contribution < -0.4 is 10.4 Å². The highest BCUT2D eigenvalue weighted by atomic mass is 19.2. The molecule has 7 nitrogen and oxygen atoms in total. The largest absolute Gasteiger partial charge is 0.322 e. The molecule has 154 valence electrons. The summed E-state index contributed by atoms with van der Waals surface area (Å²) in [6.45, 7) is 4.07. The maximum Gasteiger partial charge on any atom is 0.255 e. The van der Waals surface area contributed by atoms with E-state index < -0.39 is 5.91 Å². The number of nitrogens with zero attached hydrogens (tertiary/aromatic N) is 4. The summed E-state index contributed by atoms with van der Waals surface area (Å²) < 4.78 is 16.3. The number of carbonyl (C=O) groups excluding carboxylic acids is 2. The molecular formula is C22H22FN5O2. The number of rotatable bonds is 4. The number of hydrogen-bond donors (Lipinski definition) is 1. The molecule has 4 rings (SSSR count). The second-order valence-corrected chi connectivity index (χ2v) is 7.56. The van der Waals surface area contributed by atoms with Gasteiger partial charge in [-0.25, -0.2) is 0 Å². The lowest BCUT2D eigenvalue weighted by atomic mass is 10.0. The van der Waals surface area contributed by atoms with Crippen molar-refractivity contribution in [1.29, 1.82) is 0 Å². The fourth-order valence-electron chi connectivity index (χ4n) is 3.53. The number of amides is 2. The van der Waals surface area contributed by atoms with Gasteiger partial charge in [-0.2, -0.15) is 0 Å². The normalized spacial score (nSPS) is 13.9. The van der Waals surface area contributed by atoms with E-state index in [0.29, 0.717) is 24.4 Å². The highest BCUT2D eigenvalue weighted by Crippen LogP contribution is 2.29. The third-order valence-electron chi connectivity index (χ3n) is 5.12. The molecule has 1 aromatic heterocycles. The quantitative estimate of drug-likeness (QED) is 0.653. The molecule has 0 fully saturated rings. The van der Waals surface area contributed by atoms with Crippen molar-refractivity contribution in [1.82, 2.24) is 14.8 Å². The molecule has 0 unspecified atom stereocenters. The van der Waals surface area contributed by atoms with Crippen LogP contribution in [0.3, 0.4) is 0 Å². The summed E-state index contributed by atoms with van der Waals surface area (Å²) in [6.07, 6.45) is 3.01. The van der Waals surface area contributed by atoms with Crippen LogP contribution in [0.1, 0.15) is 48.7 Å². The molecule has 0 saturated carbocycles. The minimum Gasteiger partial charge on any atom is -0.322 e. The molecule has 1 aliphatic heterocycles. The minimum atomic E-state index is -0.590. The monoisotopic (exact) mass is 407 g/mol. The maximum atomic E-state index is 14.4. The van der Waals surface area contributed by atoms with Gasteiger partial charge in [0.25, 0.3) is 11.8 Å². The minimum absolute atomic E-state index is 0.143. The average molecular weight is 407 g/mol. The lowest BCUT2D eigenvalue weighted by molar-refractivity contribution is -0.121. The Morgan fingerprint density at radius 2 is 2.00 bits per heavy atom. The smallest absolute Gasteiger partial charge is 0.255 e. The molecular weight excluding hydrogens is 385 g/mol. The second kappa shape index (κ2) is 8.06. The summed E-state index contributed by atoms with van der Waals surface area (Å²) in [6, 6.07) is 12.3. The molecule has 0 radical (unpaired) electrons. The van der Waals surface area contributed by atoms with Crippen LogP contribution in [0.4, 0.5) is 15.9 Å². The van der Waals surface area contributed by atoms with Crippen molar-refractivity contribution in [2.45, 2.75) is 39.2 Å². The molecule has 0 bridgehead atoms. The molecule has 0 aliphatic carbocycles. The van der Waals surface area contributed by atoms with E-state index in [4.69, 9.17) is 0 Å². The first-order chi connectivity index (χ1) is 14.4. The van der Waals surface area contributed by atoms with Crippen molar-refractivity contribution in [3.8, 4) is 11.4 Å². The van der Waals surface area contributed by atoms with Gasteiger partial charge >= 0.3 is 0 Å². The number of nitrogens with one attached hydrogen (secondary N) is 1. The van der Waals surface area contributed by atoms with E-state index in [2.05, 4.69) is 15.5 Å². The van der Waals surface area contributed by atoms with Crippen LogP contribution in [-0.2, 0) is 11.2 Å². The van der Waals surface area contributed by atoms with Crippen molar-refractivity contribution >= 4 is 23.2 Å². The maximum absolute atomic E-state index is 14.4. The Morgan fingerprint density at radius 3 is 2.80 bits per heavy atom. The zero-order chi connectivity index (χ0) is 21.3. The third kappa shape index (κ3) is 3.80. The summed E-state index contributed by atoms with van der Waals surface area (Å²) >= 11 is 0. The van der Waals surface area contributed by atoms with Crippen LogP contribution in [0, 0.1) is 0 Å². The number of benzene rings is 2. The first-order valence-electron chi connectivity index (χ1n) is 9.87. The van der Waals surface area contributed by atoms with E-state index in [0.717, 1.165) is 11.1 Å². The summed E-state index contributed by atoms with van der Waals surface area (Å²) in [7, 11) is 0. The molecule has 3 aromatic rings. The van der Waals surface area contributed by atoms with Crippen LogP contribution in [0.5, 0.6) is 0 Å². The number of hydrogen-bond acceptors (Lipinski definition) is 4. The fraction of sp³-hybridized carbons (Fsp3) is 0.273. The van der Waals surface area contributed by atoms with Crippen molar-refractivity contribution in [3.05, 3.63) is 59.9 Å². The lowest BCUT2D eigenvalue weighted by Crippen LogP contribution is -2.21. The molecule has 30 heavy (non-hydrogen) atoms. The van der Waals surface area contributed by atoms with Crippen LogP contribution in [0.2, 0.25) is 0 Å². The summed E-state index contributed by atoms with van der Waals surface area (Å²) in [5, 5.41) is 11.1. The predicted molar refractivity (Wildman–Crippen MR) is 112 cm³/mol. The second-order valence-electron chi connectivity index (χ2n) is 7.56. The number of carbonyl (C=O) groups is 2. The zero-order valence-corrected chi connectivity index (χ0v) is 16.8. The van der Waals surface area contributed by atoms with Crippen molar-refractivity contribution in [3.63, 3.8) is 0 Å². The van der Waals surface area contributed by atoms with Gasteiger partial charge in [-0.3, -0.25) is 9.59 Å². The van der Waals surface area contributed by atoms with Gasteiger partial charge in [0.05, 0.1) is 5.69 Å². The van der Waals surface area contributed by atoms with Crippen LogP contribution in [0.25, 0.3) is 11.4 Å². The van der Waals surface area contributed by atoms with Crippen molar-refractivity contribution < 1.29 is 14.1 Å². The van der Waals surface area contributed by atoms with E-state index in [9.17, 15) is 14.1 Å². The molecule has 0 saturated heterocycles. The molecule has 1 N–H and O–H groups in total. The SMILES string of the molecule is CC(C)n1cnnc1-c1cccc(NC(=O)c2ccc3c(c2)N(F)C(=O)CCC3)c1. The predicted octanol–water partition coefficient (Wildman–Crippen LogP) is 4.33. The van der Waals surface area contributed by atoms with Gasteiger partial charge in [0.15, 0.2) is 5.82 Å². The Labute approximate surface area is 173 Å². The summed E-state index contributed by atoms with van der Waals surface area (Å²) in [4.78, 5) is 24.6. The molecule has 8 heteroatoms. The Hall–Kier alpha value is -3.55. The third-order valence-corrected chi connectivity index (χ3v) is 5.12. The average Bonchev–Trinajstić information content (AvgIpc) is 3.19. The van der Waals surface area contributed by atoms with Crippen molar-refractivity contribution in [2.75, 3.05) is 10.4 Å². The summed E-state index contributed by atoms with van der Waals surface area (Å²) in [5.41, 5.74) is 2.54. The van der Waals surface area contributed by atoms with Gasteiger partial charge in [-0.15, -0.1) is 15.3 Å². The Bertz CT molecular complexity index is 1110. The topological polar surface area (TPSA) is 80.1 Å². The molecule has 2 heterocycles. The first-order valence-corrected chi connectivity index (χ1v) is 9.87. The van der Waals surface area contributed by atoms with E-state index in [-0.39, 0.29) is 34.7 Å². The standard InChI is InChI=1S/C22H22FN5O2/c1-14(2)27-13-24-26-21(27)16-6-3-7-18(11-16)25-22(30)17-10-9-15-5-4-8-20(29)28(23)19(15)12-17/h3,6-7,9-14H,4-5,8H2,1-2H3,(H,25,30). The Balaban J connectivity index is 1.59. The number of anilines is 2. The van der Waals surface area contributed by atoms with Crippen LogP contribution in [0.15, 0.2) is 48.8 Å². The van der Waals surface area contributed by atoms with Gasteiger partial charge in [0, 0.05) is 29.3 Å². The number of fused-ring (bicyclic) bond motifs is 1. The van der Waals surface area contributed by atoms with E-state index in [1.807, 2.05) is 36.6 Å². The highest BCUT2D eigenvalue weighted by molar-refractivity contribution is 6.06. The van der Waals surface area contributed by atoms with Gasteiger partial charge in [0.2, 0.25) is 0 Å². The highest BCUT2D eigenvalue weighted by Gasteiger charge is 2.23. The summed E-state index contributed by atoms with van der Waals surface area (Å²) in [5.74, 6) is -0.267. The molecule has 2 amide bonds. The zero-order valence-electron chi connectivity index (χ0n) is 16.8. The van der Waals surface area contributed by atoms with Gasteiger partial charge < -0.3 is 9.88 Å². The Morgan fingerprint density at radius 1 is 1.17 bits per heavy atom. The molecule has 0 spiro atoms. The van der Waals surface area contributed by atoms with Crippen molar-refractivity contribution in [2.24, 2.45) is 0 Å².